The van der Waals surface area contributed by atoms with Crippen molar-refractivity contribution in [2.75, 3.05) is 0 Å². The molecule has 5 heteroatoms. The van der Waals surface area contributed by atoms with Crippen molar-refractivity contribution >= 4 is 31.5 Å². The molecule has 0 aliphatic rings. The van der Waals surface area contributed by atoms with Gasteiger partial charge in [-0.3, -0.25) is 0 Å². The van der Waals surface area contributed by atoms with Gasteiger partial charge in [0, 0.05) is 15.6 Å². The molecule has 0 radical (unpaired) electrons. The number of hydrogen-bond acceptors (Lipinski definition) is 2. The highest BCUT2D eigenvalue weighted by atomic mass is 35.5. The lowest BCUT2D eigenvalue weighted by Gasteiger charge is -2.39. The summed E-state index contributed by atoms with van der Waals surface area (Å²) < 4.78 is 6.20. The lowest BCUT2D eigenvalue weighted by Crippen LogP contribution is -2.44. The minimum atomic E-state index is -1.94. The largest absolute Gasteiger partial charge is 0.411 e. The van der Waals surface area contributed by atoms with Gasteiger partial charge in [0.05, 0.1) is 6.10 Å². The van der Waals surface area contributed by atoms with Crippen molar-refractivity contribution < 1.29 is 9.53 Å². The Labute approximate surface area is 133 Å². The van der Waals surface area contributed by atoms with Crippen LogP contribution in [-0.2, 0) is 4.43 Å². The second-order valence-corrected chi connectivity index (χ2v) is 12.2. The Morgan fingerprint density at radius 1 is 1.15 bits per heavy atom. The third-order valence-corrected chi connectivity index (χ3v) is 9.26. The quantitative estimate of drug-likeness (QED) is 0.743. The summed E-state index contributed by atoms with van der Waals surface area (Å²) in [6.07, 6.45) is -1.18. The van der Waals surface area contributed by atoms with Gasteiger partial charge in [-0.1, -0.05) is 50.0 Å². The van der Waals surface area contributed by atoms with E-state index in [1.807, 2.05) is 6.92 Å². The molecule has 1 rings (SSSR count). The van der Waals surface area contributed by atoms with Gasteiger partial charge in [-0.15, -0.1) is 0 Å². The van der Waals surface area contributed by atoms with E-state index in [0.717, 1.165) is 0 Å². The molecular weight excluding hydrogens is 311 g/mol. The zero-order chi connectivity index (χ0) is 15.7. The predicted octanol–water partition coefficient (Wildman–Crippen LogP) is 5.44. The highest BCUT2D eigenvalue weighted by molar-refractivity contribution is 6.74. The van der Waals surface area contributed by atoms with E-state index >= 15 is 0 Å². The van der Waals surface area contributed by atoms with Gasteiger partial charge in [0.15, 0.2) is 8.32 Å². The fraction of sp³-hybridized carbons (Fsp3) is 0.600. The SMILES string of the molecule is CC(O[Si](C)(C)C(C)(C)C)C(O)c1c(Cl)cccc1Cl. The van der Waals surface area contributed by atoms with Gasteiger partial charge in [0.1, 0.15) is 6.10 Å². The third kappa shape index (κ3) is 3.98. The van der Waals surface area contributed by atoms with Crippen LogP contribution in [-0.4, -0.2) is 19.5 Å². The van der Waals surface area contributed by atoms with Crippen molar-refractivity contribution in [3.8, 4) is 0 Å². The van der Waals surface area contributed by atoms with Gasteiger partial charge in [-0.25, -0.2) is 0 Å². The zero-order valence-electron chi connectivity index (χ0n) is 13.0. The molecule has 0 spiro atoms. The lowest BCUT2D eigenvalue weighted by molar-refractivity contribution is 0.0381. The van der Waals surface area contributed by atoms with Crippen molar-refractivity contribution in [2.45, 2.75) is 58.0 Å². The van der Waals surface area contributed by atoms with Crippen molar-refractivity contribution in [1.82, 2.24) is 0 Å². The van der Waals surface area contributed by atoms with Crippen LogP contribution in [0, 0.1) is 0 Å². The Hall–Kier alpha value is -0.0631. The Morgan fingerprint density at radius 3 is 2.00 bits per heavy atom. The van der Waals surface area contributed by atoms with Crippen LogP contribution in [0.3, 0.4) is 0 Å². The first-order valence-electron chi connectivity index (χ1n) is 6.77. The van der Waals surface area contributed by atoms with Gasteiger partial charge < -0.3 is 9.53 Å². The number of benzene rings is 1. The average Bonchev–Trinajstić information content (AvgIpc) is 2.26. The van der Waals surface area contributed by atoms with E-state index in [9.17, 15) is 5.11 Å². The number of aliphatic hydroxyl groups is 1. The summed E-state index contributed by atoms with van der Waals surface area (Å²) in [4.78, 5) is 0. The van der Waals surface area contributed by atoms with Gasteiger partial charge in [-0.2, -0.15) is 0 Å². The molecule has 1 aromatic carbocycles. The van der Waals surface area contributed by atoms with Crippen molar-refractivity contribution in [2.24, 2.45) is 0 Å². The molecule has 2 unspecified atom stereocenters. The van der Waals surface area contributed by atoms with Crippen LogP contribution in [0.25, 0.3) is 0 Å². The maximum absolute atomic E-state index is 10.5. The van der Waals surface area contributed by atoms with E-state index in [2.05, 4.69) is 33.9 Å². The Bertz CT molecular complexity index is 449. The molecular formula is C15H24Cl2O2Si. The van der Waals surface area contributed by atoms with E-state index in [4.69, 9.17) is 27.6 Å². The first kappa shape index (κ1) is 18.0. The summed E-state index contributed by atoms with van der Waals surface area (Å²) in [6, 6.07) is 5.22. The molecule has 0 heterocycles. The lowest BCUT2D eigenvalue weighted by atomic mass is 10.1. The molecule has 0 bridgehead atoms. The molecule has 1 aromatic rings. The van der Waals surface area contributed by atoms with Crippen LogP contribution < -0.4 is 0 Å². The highest BCUT2D eigenvalue weighted by Crippen LogP contribution is 2.40. The molecule has 0 amide bonds. The van der Waals surface area contributed by atoms with Gasteiger partial charge in [0.25, 0.3) is 0 Å². The Morgan fingerprint density at radius 2 is 1.60 bits per heavy atom. The van der Waals surface area contributed by atoms with Crippen LogP contribution in [0.4, 0.5) is 0 Å². The van der Waals surface area contributed by atoms with Crippen LogP contribution in [0.5, 0.6) is 0 Å². The van der Waals surface area contributed by atoms with E-state index in [-0.39, 0.29) is 11.1 Å². The predicted molar refractivity (Wildman–Crippen MR) is 89.2 cm³/mol. The first-order chi connectivity index (χ1) is 8.97. The van der Waals surface area contributed by atoms with Gasteiger partial charge in [-0.05, 0) is 37.2 Å². The summed E-state index contributed by atoms with van der Waals surface area (Å²) >= 11 is 12.3. The molecule has 114 valence electrons. The molecule has 0 saturated carbocycles. The molecule has 0 saturated heterocycles. The molecule has 0 aromatic heterocycles. The van der Waals surface area contributed by atoms with Crippen molar-refractivity contribution in [3.05, 3.63) is 33.8 Å². The monoisotopic (exact) mass is 334 g/mol. The number of rotatable bonds is 4. The Kier molecular flexibility index (Phi) is 5.73. The first-order valence-corrected chi connectivity index (χ1v) is 10.4. The second-order valence-electron chi connectivity index (χ2n) is 6.66. The molecule has 2 atom stereocenters. The van der Waals surface area contributed by atoms with E-state index < -0.39 is 14.4 Å². The maximum atomic E-state index is 10.5. The van der Waals surface area contributed by atoms with Crippen molar-refractivity contribution in [1.29, 1.82) is 0 Å². The van der Waals surface area contributed by atoms with Crippen LogP contribution in [0.2, 0.25) is 28.2 Å². The molecule has 20 heavy (non-hydrogen) atoms. The molecule has 0 fully saturated rings. The molecule has 1 N–H and O–H groups in total. The second kappa shape index (κ2) is 6.37. The molecule has 2 nitrogen and oxygen atoms in total. The summed E-state index contributed by atoms with van der Waals surface area (Å²) in [6.45, 7) is 12.7. The average molecular weight is 335 g/mol. The van der Waals surface area contributed by atoms with E-state index in [1.165, 1.54) is 0 Å². The van der Waals surface area contributed by atoms with Crippen LogP contribution in [0.15, 0.2) is 18.2 Å². The molecule has 0 aliphatic heterocycles. The van der Waals surface area contributed by atoms with Gasteiger partial charge in [0.2, 0.25) is 0 Å². The highest BCUT2D eigenvalue weighted by Gasteiger charge is 2.40. The zero-order valence-corrected chi connectivity index (χ0v) is 15.5. The normalized spacial score (nSPS) is 16.1. The number of aliphatic hydroxyl groups excluding tert-OH is 1. The standard InChI is InChI=1S/C15H24Cl2O2Si/c1-10(19-20(5,6)15(2,3)4)14(18)13-11(16)8-7-9-12(13)17/h7-10,14,18H,1-6H3. The van der Waals surface area contributed by atoms with E-state index in [0.29, 0.717) is 15.6 Å². The van der Waals surface area contributed by atoms with Crippen LogP contribution >= 0.6 is 23.2 Å². The Balaban J connectivity index is 2.96. The summed E-state index contributed by atoms with van der Waals surface area (Å²) in [5.41, 5.74) is 0.544. The van der Waals surface area contributed by atoms with Gasteiger partial charge >= 0.3 is 0 Å². The number of halogens is 2. The fourth-order valence-electron chi connectivity index (χ4n) is 1.73. The smallest absolute Gasteiger partial charge is 0.192 e. The van der Waals surface area contributed by atoms with E-state index in [1.54, 1.807) is 18.2 Å². The minimum absolute atomic E-state index is 0.0885. The summed E-state index contributed by atoms with van der Waals surface area (Å²) in [5, 5.41) is 11.5. The summed E-state index contributed by atoms with van der Waals surface area (Å²) in [7, 11) is -1.94. The number of hydrogen-bond donors (Lipinski definition) is 1. The topological polar surface area (TPSA) is 29.5 Å². The van der Waals surface area contributed by atoms with Crippen molar-refractivity contribution in [3.63, 3.8) is 0 Å². The maximum Gasteiger partial charge on any atom is 0.192 e. The third-order valence-electron chi connectivity index (χ3n) is 4.03. The fourth-order valence-corrected chi connectivity index (χ4v) is 3.77. The molecule has 0 aliphatic carbocycles. The summed E-state index contributed by atoms with van der Waals surface area (Å²) in [5.74, 6) is 0. The van der Waals surface area contributed by atoms with Crippen LogP contribution in [0.1, 0.15) is 39.4 Å². The minimum Gasteiger partial charge on any atom is -0.411 e.